The summed E-state index contributed by atoms with van der Waals surface area (Å²) < 4.78 is 5.23. The van der Waals surface area contributed by atoms with E-state index in [4.69, 9.17) is 10.5 Å². The summed E-state index contributed by atoms with van der Waals surface area (Å²) in [6.07, 6.45) is 2.55. The predicted molar refractivity (Wildman–Crippen MR) is 79.5 cm³/mol. The lowest BCUT2D eigenvalue weighted by molar-refractivity contribution is -0.140. The summed E-state index contributed by atoms with van der Waals surface area (Å²) in [6, 6.07) is -0.390. The number of amides is 2. The minimum Gasteiger partial charge on any atom is -0.378 e. The van der Waals surface area contributed by atoms with Crippen LogP contribution >= 0.6 is 0 Å². The van der Waals surface area contributed by atoms with Crippen molar-refractivity contribution < 1.29 is 14.3 Å². The fourth-order valence-electron chi connectivity index (χ4n) is 3.32. The van der Waals surface area contributed by atoms with Gasteiger partial charge < -0.3 is 20.7 Å². The molecule has 1 saturated heterocycles. The van der Waals surface area contributed by atoms with E-state index < -0.39 is 6.04 Å². The largest absolute Gasteiger partial charge is 0.378 e. The van der Waals surface area contributed by atoms with Crippen LogP contribution in [0.15, 0.2) is 0 Å². The van der Waals surface area contributed by atoms with E-state index in [9.17, 15) is 9.59 Å². The molecule has 2 amide bonds. The van der Waals surface area contributed by atoms with Gasteiger partial charge in [-0.2, -0.15) is 0 Å². The Morgan fingerprint density at radius 2 is 1.90 bits per heavy atom. The van der Waals surface area contributed by atoms with Gasteiger partial charge >= 0.3 is 0 Å². The highest BCUT2D eigenvalue weighted by Gasteiger charge is 2.31. The number of carbonyl (C=O) groups is 2. The van der Waals surface area contributed by atoms with Crippen LogP contribution in [-0.2, 0) is 14.3 Å². The molecule has 0 aromatic heterocycles. The monoisotopic (exact) mass is 297 g/mol. The van der Waals surface area contributed by atoms with Crippen LogP contribution in [0.25, 0.3) is 0 Å². The van der Waals surface area contributed by atoms with E-state index in [1.54, 1.807) is 11.8 Å². The highest BCUT2D eigenvalue weighted by Crippen LogP contribution is 2.28. The van der Waals surface area contributed by atoms with Crippen LogP contribution < -0.4 is 11.1 Å². The summed E-state index contributed by atoms with van der Waals surface area (Å²) in [5.74, 6) is 0.337. The van der Waals surface area contributed by atoms with E-state index in [1.807, 2.05) is 0 Å². The second-order valence-corrected chi connectivity index (χ2v) is 6.44. The zero-order chi connectivity index (χ0) is 15.4. The van der Waals surface area contributed by atoms with Gasteiger partial charge in [0.25, 0.3) is 0 Å². The molecule has 6 nitrogen and oxygen atoms in total. The molecule has 4 atom stereocenters. The Balaban J connectivity index is 1.84. The number of morpholine rings is 1. The fraction of sp³-hybridized carbons (Fsp3) is 0.867. The van der Waals surface area contributed by atoms with E-state index in [1.165, 1.54) is 0 Å². The molecule has 0 bridgehead atoms. The van der Waals surface area contributed by atoms with Crippen molar-refractivity contribution in [3.63, 3.8) is 0 Å². The van der Waals surface area contributed by atoms with Gasteiger partial charge in [-0.3, -0.25) is 9.59 Å². The molecule has 0 aromatic rings. The average molecular weight is 297 g/mol. The molecular weight excluding hydrogens is 270 g/mol. The summed E-state index contributed by atoms with van der Waals surface area (Å²) in [5, 5.41) is 2.86. The third-order valence-electron chi connectivity index (χ3n) is 4.40. The van der Waals surface area contributed by atoms with Crippen molar-refractivity contribution in [1.29, 1.82) is 0 Å². The zero-order valence-corrected chi connectivity index (χ0v) is 13.0. The quantitative estimate of drug-likeness (QED) is 0.774. The highest BCUT2D eigenvalue weighted by molar-refractivity contribution is 5.88. The molecule has 2 aliphatic rings. The van der Waals surface area contributed by atoms with Crippen molar-refractivity contribution in [3.8, 4) is 0 Å². The molecular formula is C15H27N3O3. The van der Waals surface area contributed by atoms with Gasteiger partial charge in [-0.1, -0.05) is 6.92 Å². The molecule has 2 fully saturated rings. The first-order valence-electron chi connectivity index (χ1n) is 7.90. The van der Waals surface area contributed by atoms with Crippen LogP contribution in [0.2, 0.25) is 0 Å². The number of nitrogens with zero attached hydrogens (tertiary/aromatic N) is 1. The molecule has 120 valence electrons. The maximum Gasteiger partial charge on any atom is 0.245 e. The molecule has 0 spiro atoms. The number of hydrogen-bond acceptors (Lipinski definition) is 4. The molecule has 6 heteroatoms. The number of rotatable bonds is 3. The third kappa shape index (κ3) is 4.41. The first-order chi connectivity index (χ1) is 9.97. The van der Waals surface area contributed by atoms with Crippen molar-refractivity contribution in [3.05, 3.63) is 0 Å². The summed E-state index contributed by atoms with van der Waals surface area (Å²) >= 11 is 0. The summed E-state index contributed by atoms with van der Waals surface area (Å²) in [7, 11) is 0. The van der Waals surface area contributed by atoms with E-state index in [2.05, 4.69) is 12.2 Å². The first kappa shape index (κ1) is 16.2. The Labute approximate surface area is 126 Å². The van der Waals surface area contributed by atoms with Gasteiger partial charge in [0.2, 0.25) is 11.8 Å². The number of hydrogen-bond donors (Lipinski definition) is 2. The van der Waals surface area contributed by atoms with Crippen molar-refractivity contribution in [2.75, 3.05) is 26.3 Å². The molecule has 0 radical (unpaired) electrons. The Kier molecular flexibility index (Phi) is 5.58. The van der Waals surface area contributed by atoms with Gasteiger partial charge in [-0.25, -0.2) is 0 Å². The van der Waals surface area contributed by atoms with Gasteiger partial charge in [0, 0.05) is 25.0 Å². The topological polar surface area (TPSA) is 84.7 Å². The fourth-order valence-corrected chi connectivity index (χ4v) is 3.32. The van der Waals surface area contributed by atoms with Crippen LogP contribution in [-0.4, -0.2) is 55.1 Å². The maximum absolute atomic E-state index is 12.3. The van der Waals surface area contributed by atoms with Gasteiger partial charge in [0.05, 0.1) is 13.2 Å². The van der Waals surface area contributed by atoms with Gasteiger partial charge in [-0.05, 0) is 32.1 Å². The Hall–Kier alpha value is -1.14. The maximum atomic E-state index is 12.3. The van der Waals surface area contributed by atoms with E-state index in [0.717, 1.165) is 12.8 Å². The molecule has 4 unspecified atom stereocenters. The molecule has 0 aromatic carbocycles. The lowest BCUT2D eigenvalue weighted by Crippen LogP contribution is -2.52. The Bertz CT molecular complexity index is 372. The summed E-state index contributed by atoms with van der Waals surface area (Å²) in [4.78, 5) is 26.4. The Morgan fingerprint density at radius 3 is 2.52 bits per heavy atom. The van der Waals surface area contributed by atoms with Gasteiger partial charge in [0.15, 0.2) is 0 Å². The van der Waals surface area contributed by atoms with Gasteiger partial charge in [0.1, 0.15) is 6.04 Å². The molecule has 1 aliphatic heterocycles. The van der Waals surface area contributed by atoms with Gasteiger partial charge in [-0.15, -0.1) is 0 Å². The Morgan fingerprint density at radius 1 is 1.24 bits per heavy atom. The van der Waals surface area contributed by atoms with E-state index >= 15 is 0 Å². The van der Waals surface area contributed by atoms with Crippen molar-refractivity contribution >= 4 is 11.8 Å². The van der Waals surface area contributed by atoms with E-state index in [-0.39, 0.29) is 23.8 Å². The first-order valence-corrected chi connectivity index (χ1v) is 7.90. The van der Waals surface area contributed by atoms with Crippen LogP contribution in [0.1, 0.15) is 33.1 Å². The van der Waals surface area contributed by atoms with Crippen LogP contribution in [0.3, 0.4) is 0 Å². The number of carbonyl (C=O) groups excluding carboxylic acids is 2. The normalized spacial score (nSPS) is 31.6. The van der Waals surface area contributed by atoms with Crippen LogP contribution in [0, 0.1) is 11.8 Å². The molecule has 1 heterocycles. The highest BCUT2D eigenvalue weighted by atomic mass is 16.5. The smallest absolute Gasteiger partial charge is 0.245 e. The van der Waals surface area contributed by atoms with Crippen LogP contribution in [0.4, 0.5) is 0 Å². The predicted octanol–water partition coefficient (Wildman–Crippen LogP) is 0.113. The minimum atomic E-state index is -0.482. The zero-order valence-electron chi connectivity index (χ0n) is 13.0. The number of nitrogens with one attached hydrogen (secondary N) is 1. The van der Waals surface area contributed by atoms with Crippen molar-refractivity contribution in [2.45, 2.75) is 45.2 Å². The molecule has 3 N–H and O–H groups in total. The number of ether oxygens (including phenoxy) is 1. The SMILES string of the molecule is CC1CC(N)CC(C(=O)NC(C)C(=O)N2CCOCC2)C1. The molecule has 2 rings (SSSR count). The van der Waals surface area contributed by atoms with E-state index in [0.29, 0.717) is 38.6 Å². The molecule has 21 heavy (non-hydrogen) atoms. The van der Waals surface area contributed by atoms with Crippen molar-refractivity contribution in [2.24, 2.45) is 17.6 Å². The van der Waals surface area contributed by atoms with Crippen molar-refractivity contribution in [1.82, 2.24) is 10.2 Å². The van der Waals surface area contributed by atoms with Crippen LogP contribution in [0.5, 0.6) is 0 Å². The second-order valence-electron chi connectivity index (χ2n) is 6.44. The molecule has 1 saturated carbocycles. The second kappa shape index (κ2) is 7.22. The standard InChI is InChI=1S/C15H27N3O3/c1-10-7-12(9-13(16)8-10)14(19)17-11(2)15(20)18-3-5-21-6-4-18/h10-13H,3-9,16H2,1-2H3,(H,17,19). The summed E-state index contributed by atoms with van der Waals surface area (Å²) in [5.41, 5.74) is 5.99. The summed E-state index contributed by atoms with van der Waals surface area (Å²) in [6.45, 7) is 6.22. The average Bonchev–Trinajstić information content (AvgIpc) is 2.46. The third-order valence-corrected chi connectivity index (χ3v) is 4.40. The lowest BCUT2D eigenvalue weighted by Gasteiger charge is -2.32. The lowest BCUT2D eigenvalue weighted by atomic mass is 9.79. The minimum absolute atomic E-state index is 0.0280. The molecule has 1 aliphatic carbocycles. The number of nitrogens with two attached hydrogens (primary N) is 1.